The number of hydrogen-bond acceptors (Lipinski definition) is 12. The van der Waals surface area contributed by atoms with Crippen molar-refractivity contribution in [3.63, 3.8) is 0 Å². The first kappa shape index (κ1) is 42.0. The smallest absolute Gasteiger partial charge is 0.269 e. The number of likely N-dealkylation sites (N-methyl/N-ethyl adjacent to an activating group) is 1. The van der Waals surface area contributed by atoms with Gasteiger partial charge in [0.05, 0.1) is 34.7 Å². The van der Waals surface area contributed by atoms with Gasteiger partial charge in [0.25, 0.3) is 5.69 Å². The normalized spacial score (nSPS) is 24.2. The first-order chi connectivity index (χ1) is 28.5. The van der Waals surface area contributed by atoms with E-state index in [9.17, 15) is 25.4 Å². The summed E-state index contributed by atoms with van der Waals surface area (Å²) in [5.41, 5.74) is 2.89. The number of nitro groups is 1. The van der Waals surface area contributed by atoms with Crippen molar-refractivity contribution in [1.29, 1.82) is 0 Å². The van der Waals surface area contributed by atoms with Crippen molar-refractivity contribution < 1.29 is 43.0 Å². The molecule has 2 heterocycles. The second-order valence-corrected chi connectivity index (χ2v) is 17.3. The molecular formula is C44H50N4O10S. The molecule has 3 N–H and O–H groups in total. The van der Waals surface area contributed by atoms with E-state index in [1.807, 2.05) is 0 Å². The highest BCUT2D eigenvalue weighted by Gasteiger charge is 2.65. The number of nitrogens with zero attached hydrogens (tertiary/aromatic N) is 4. The van der Waals surface area contributed by atoms with Gasteiger partial charge in [0.15, 0.2) is 0 Å². The number of phenolic OH excluding ortho intramolecular Hbond substituents is 1. The van der Waals surface area contributed by atoms with Crippen LogP contribution in [0, 0.1) is 27.9 Å². The van der Waals surface area contributed by atoms with Crippen molar-refractivity contribution in [3.05, 3.63) is 125 Å². The Bertz CT molecular complexity index is 2330. The number of ether oxygens (including phenoxy) is 2. The average Bonchev–Trinajstić information content (AvgIpc) is 3.24. The van der Waals surface area contributed by atoms with Gasteiger partial charge in [-0.3, -0.25) is 15.1 Å². The van der Waals surface area contributed by atoms with Crippen LogP contribution in [0.5, 0.6) is 11.5 Å². The summed E-state index contributed by atoms with van der Waals surface area (Å²) in [7, 11) is -2.81. The number of sulfonamides is 1. The van der Waals surface area contributed by atoms with Gasteiger partial charge in [-0.25, -0.2) is 8.42 Å². The van der Waals surface area contributed by atoms with E-state index in [2.05, 4.69) is 17.6 Å². The minimum absolute atomic E-state index is 0.00629. The van der Waals surface area contributed by atoms with Crippen LogP contribution in [-0.2, 0) is 26.2 Å². The second-order valence-electron chi connectivity index (χ2n) is 15.3. The summed E-state index contributed by atoms with van der Waals surface area (Å²) in [4.78, 5) is 21.3. The number of aliphatic hydroxyl groups is 2. The maximum absolute atomic E-state index is 15.0. The molecule has 0 spiro atoms. The van der Waals surface area contributed by atoms with Crippen LogP contribution in [0.4, 0.5) is 5.69 Å². The number of nitro benzene ring substituents is 1. The molecule has 6 atom stereocenters. The van der Waals surface area contributed by atoms with Crippen molar-refractivity contribution in [2.75, 3.05) is 26.9 Å². The van der Waals surface area contributed by atoms with Gasteiger partial charge < -0.3 is 29.6 Å². The third-order valence-electron chi connectivity index (χ3n) is 11.9. The number of pyridine rings is 1. The van der Waals surface area contributed by atoms with Crippen LogP contribution in [0.15, 0.2) is 113 Å². The molecule has 14 nitrogen and oxygen atoms in total. The lowest BCUT2D eigenvalue weighted by Gasteiger charge is -2.59. The van der Waals surface area contributed by atoms with Crippen LogP contribution in [0.1, 0.15) is 62.0 Å². The minimum Gasteiger partial charge on any atom is -0.508 e. The Morgan fingerprint density at radius 3 is 2.53 bits per heavy atom. The number of oxime groups is 1. The SMILES string of the molecule is C=CCO[C@@]12Oc3ccc(O)cc3[C@H]3[C@H](CCCCO)[C@@H](CCCCO)C=C(C(=NOCc4ccc([N+](=O)[O-])cc4)C[C@@H]1N(C)S(=O)(=O)c1cccc4cccnc14)[C@H]32. The highest BCUT2D eigenvalue weighted by Crippen LogP contribution is 2.62. The average molecular weight is 827 g/mol. The Balaban J connectivity index is 1.43. The zero-order valence-electron chi connectivity index (χ0n) is 32.9. The third-order valence-corrected chi connectivity index (χ3v) is 13.8. The summed E-state index contributed by atoms with van der Waals surface area (Å²) in [5, 5.41) is 47.2. The Morgan fingerprint density at radius 1 is 1.05 bits per heavy atom. The van der Waals surface area contributed by atoms with Crippen molar-refractivity contribution >= 4 is 32.3 Å². The number of rotatable bonds is 18. The van der Waals surface area contributed by atoms with E-state index in [1.54, 1.807) is 66.9 Å². The predicted molar refractivity (Wildman–Crippen MR) is 221 cm³/mol. The molecule has 1 saturated carbocycles. The lowest BCUT2D eigenvalue weighted by atomic mass is 9.55. The van der Waals surface area contributed by atoms with E-state index >= 15 is 8.42 Å². The maximum atomic E-state index is 15.0. The topological polar surface area (TPSA) is 194 Å². The first-order valence-corrected chi connectivity index (χ1v) is 21.4. The minimum atomic E-state index is -4.32. The van der Waals surface area contributed by atoms with Gasteiger partial charge in [0.1, 0.15) is 23.0 Å². The number of aliphatic hydroxyl groups excluding tert-OH is 2. The lowest BCUT2D eigenvalue weighted by Crippen LogP contribution is -2.69. The molecule has 2 aliphatic carbocycles. The summed E-state index contributed by atoms with van der Waals surface area (Å²) in [6, 6.07) is 18.4. The fraction of sp³-hybridized carbons (Fsp3) is 0.409. The molecule has 0 unspecified atom stereocenters. The molecular weight excluding hydrogens is 777 g/mol. The van der Waals surface area contributed by atoms with Gasteiger partial charge in [-0.05, 0) is 91.1 Å². The first-order valence-electron chi connectivity index (χ1n) is 20.0. The fourth-order valence-electron chi connectivity index (χ4n) is 9.22. The Morgan fingerprint density at radius 2 is 1.80 bits per heavy atom. The van der Waals surface area contributed by atoms with Crippen molar-refractivity contribution in [2.24, 2.45) is 22.9 Å². The van der Waals surface area contributed by atoms with E-state index in [0.717, 1.165) is 24.0 Å². The number of para-hydroxylation sites is 1. The molecule has 3 aliphatic rings. The molecule has 1 aromatic heterocycles. The van der Waals surface area contributed by atoms with Crippen LogP contribution in [-0.4, -0.2) is 82.4 Å². The van der Waals surface area contributed by atoms with E-state index < -0.39 is 32.7 Å². The molecule has 15 heteroatoms. The van der Waals surface area contributed by atoms with Crippen LogP contribution < -0.4 is 4.74 Å². The summed E-state index contributed by atoms with van der Waals surface area (Å²) in [5.74, 6) is -2.31. The molecule has 0 amide bonds. The number of aromatic nitrogens is 1. The molecule has 1 fully saturated rings. The molecule has 0 bridgehead atoms. The van der Waals surface area contributed by atoms with Crippen molar-refractivity contribution in [2.45, 2.75) is 74.2 Å². The van der Waals surface area contributed by atoms with E-state index in [0.29, 0.717) is 53.6 Å². The largest absolute Gasteiger partial charge is 0.508 e. The van der Waals surface area contributed by atoms with Gasteiger partial charge in [0.2, 0.25) is 15.8 Å². The monoisotopic (exact) mass is 826 g/mol. The van der Waals surface area contributed by atoms with Crippen molar-refractivity contribution in [1.82, 2.24) is 9.29 Å². The zero-order valence-corrected chi connectivity index (χ0v) is 33.7. The van der Waals surface area contributed by atoms with E-state index in [1.165, 1.54) is 29.6 Å². The standard InChI is InChI=1S/C44H50N4O10S/c1-3-24-56-44-40(47(2)59(54,55)39-14-8-11-30-12-9-21-45-43(30)39)27-37(46-57-28-29-15-17-32(18-16-29)48(52)53)35-25-31(10-4-6-22-49)34(13-5-7-23-50)41(42(35)44)36-26-33(51)19-20-38(36)58-44/h3,8-9,11-12,14-21,25-26,31,34,40-42,49-51H,1,4-7,10,13,22-24,27-28H2,2H3/t31-,34+,40-,41+,42+,44+/m0/s1. The lowest BCUT2D eigenvalue weighted by molar-refractivity contribution is -0.384. The summed E-state index contributed by atoms with van der Waals surface area (Å²) in [6.45, 7) is 4.01. The van der Waals surface area contributed by atoms with E-state index in [4.69, 9.17) is 19.5 Å². The highest BCUT2D eigenvalue weighted by molar-refractivity contribution is 7.89. The molecule has 3 aromatic carbocycles. The summed E-state index contributed by atoms with van der Waals surface area (Å²) >= 11 is 0. The van der Waals surface area contributed by atoms with Gasteiger partial charge in [-0.15, -0.1) is 6.58 Å². The van der Waals surface area contributed by atoms with Gasteiger partial charge >= 0.3 is 0 Å². The highest BCUT2D eigenvalue weighted by atomic mass is 32.2. The fourth-order valence-corrected chi connectivity index (χ4v) is 10.8. The molecule has 4 aromatic rings. The number of hydrogen-bond donors (Lipinski definition) is 3. The Labute approximate surface area is 343 Å². The van der Waals surface area contributed by atoms with Crippen LogP contribution >= 0.6 is 0 Å². The van der Waals surface area contributed by atoms with Crippen LogP contribution in [0.2, 0.25) is 0 Å². The molecule has 59 heavy (non-hydrogen) atoms. The van der Waals surface area contributed by atoms with Crippen LogP contribution in [0.25, 0.3) is 10.9 Å². The van der Waals surface area contributed by atoms with E-state index in [-0.39, 0.29) is 66.9 Å². The molecule has 0 radical (unpaired) electrons. The number of benzene rings is 3. The van der Waals surface area contributed by atoms with Gasteiger partial charge in [-0.1, -0.05) is 48.3 Å². The Kier molecular flexibility index (Phi) is 12.8. The third kappa shape index (κ3) is 8.22. The number of unbranched alkanes of at least 4 members (excludes halogenated alkanes) is 2. The zero-order chi connectivity index (χ0) is 41.7. The quantitative estimate of drug-likeness (QED) is 0.0405. The second kappa shape index (κ2) is 18.0. The number of phenols is 1. The number of allylic oxidation sites excluding steroid dienone is 1. The number of fused-ring (bicyclic) bond motifs is 3. The van der Waals surface area contributed by atoms with Gasteiger partial charge in [-0.2, -0.15) is 4.31 Å². The molecule has 312 valence electrons. The molecule has 1 aliphatic heterocycles. The van der Waals surface area contributed by atoms with Crippen molar-refractivity contribution in [3.8, 4) is 11.5 Å². The number of non-ortho nitro benzene ring substituents is 1. The number of aromatic hydroxyl groups is 1. The van der Waals surface area contributed by atoms with Crippen LogP contribution in [0.3, 0.4) is 0 Å². The van der Waals surface area contributed by atoms with Gasteiger partial charge in [0, 0.05) is 61.9 Å². The summed E-state index contributed by atoms with van der Waals surface area (Å²) in [6.07, 6.45) is 9.41. The molecule has 0 saturated heterocycles. The predicted octanol–water partition coefficient (Wildman–Crippen LogP) is 7.00. The summed E-state index contributed by atoms with van der Waals surface area (Å²) < 4.78 is 45.3. The molecule has 7 rings (SSSR count). The Hall–Kier alpha value is -5.19. The maximum Gasteiger partial charge on any atom is 0.269 e.